The predicted molar refractivity (Wildman–Crippen MR) is 46.0 cm³/mol. The lowest BCUT2D eigenvalue weighted by molar-refractivity contribution is 0.469. The van der Waals surface area contributed by atoms with Crippen molar-refractivity contribution in [3.8, 4) is 0 Å². The van der Waals surface area contributed by atoms with Crippen LogP contribution in [-0.4, -0.2) is 4.98 Å². The molecular weight excluding hydrogens is 155 g/mol. The van der Waals surface area contributed by atoms with Gasteiger partial charge in [0.1, 0.15) is 5.82 Å². The molecule has 1 unspecified atom stereocenters. The van der Waals surface area contributed by atoms with Gasteiger partial charge in [-0.3, -0.25) is 4.98 Å². The van der Waals surface area contributed by atoms with E-state index in [0.717, 1.165) is 12.0 Å². The number of rotatable bonds is 2. The second-order valence-electron chi connectivity index (χ2n) is 3.16. The van der Waals surface area contributed by atoms with Gasteiger partial charge >= 0.3 is 0 Å². The normalized spacial score (nSPS) is 15.7. The molecule has 2 N–H and O–H groups in total. The Morgan fingerprint density at radius 2 is 2.25 bits per heavy atom. The molecule has 1 aromatic heterocycles. The maximum Gasteiger partial charge on any atom is 0.141 e. The predicted octanol–water partition coefficient (Wildman–Crippen LogP) is 1.80. The zero-order valence-electron chi connectivity index (χ0n) is 7.34. The van der Waals surface area contributed by atoms with E-state index in [-0.39, 0.29) is 5.82 Å². The lowest BCUT2D eigenvalue weighted by Crippen LogP contribution is -2.32. The molecular formula is C9H13FN2. The Balaban J connectivity index is 3.03. The number of pyridine rings is 1. The molecule has 3 heteroatoms. The topological polar surface area (TPSA) is 38.9 Å². The lowest BCUT2D eigenvalue weighted by Gasteiger charge is -2.22. The van der Waals surface area contributed by atoms with E-state index in [0.29, 0.717) is 0 Å². The third-order valence-electron chi connectivity index (χ3n) is 2.10. The molecule has 1 atom stereocenters. The molecule has 0 aliphatic rings. The first kappa shape index (κ1) is 9.13. The van der Waals surface area contributed by atoms with Crippen LogP contribution in [0.25, 0.3) is 0 Å². The average Bonchev–Trinajstić information content (AvgIpc) is 2.05. The number of halogens is 1. The van der Waals surface area contributed by atoms with E-state index >= 15 is 0 Å². The monoisotopic (exact) mass is 168 g/mol. The van der Waals surface area contributed by atoms with Gasteiger partial charge in [0.2, 0.25) is 0 Å². The number of hydrogen-bond acceptors (Lipinski definition) is 2. The van der Waals surface area contributed by atoms with Crippen LogP contribution in [0.2, 0.25) is 0 Å². The van der Waals surface area contributed by atoms with E-state index in [9.17, 15) is 4.39 Å². The Hall–Kier alpha value is -0.960. The first-order valence-corrected chi connectivity index (χ1v) is 3.96. The highest BCUT2D eigenvalue weighted by atomic mass is 19.1. The van der Waals surface area contributed by atoms with Crippen LogP contribution >= 0.6 is 0 Å². The van der Waals surface area contributed by atoms with Crippen LogP contribution in [0.3, 0.4) is 0 Å². The Morgan fingerprint density at radius 1 is 1.58 bits per heavy atom. The van der Waals surface area contributed by atoms with Gasteiger partial charge in [0.15, 0.2) is 0 Å². The Morgan fingerprint density at radius 3 is 2.75 bits per heavy atom. The van der Waals surface area contributed by atoms with Crippen molar-refractivity contribution < 1.29 is 4.39 Å². The number of hydrogen-bond donors (Lipinski definition) is 1. The molecule has 0 saturated carbocycles. The van der Waals surface area contributed by atoms with Crippen molar-refractivity contribution >= 4 is 0 Å². The molecule has 1 heterocycles. The third kappa shape index (κ3) is 1.80. The van der Waals surface area contributed by atoms with Gasteiger partial charge in [-0.25, -0.2) is 4.39 Å². The van der Waals surface area contributed by atoms with Gasteiger partial charge in [-0.2, -0.15) is 0 Å². The summed E-state index contributed by atoms with van der Waals surface area (Å²) in [6.45, 7) is 3.83. The SMILES string of the molecule is CCC(C)(N)c1cncc(F)c1. The Labute approximate surface area is 71.6 Å². The summed E-state index contributed by atoms with van der Waals surface area (Å²) in [5.74, 6) is -0.336. The summed E-state index contributed by atoms with van der Waals surface area (Å²) in [5, 5.41) is 0. The van der Waals surface area contributed by atoms with Gasteiger partial charge in [-0.05, 0) is 25.0 Å². The van der Waals surface area contributed by atoms with Crippen molar-refractivity contribution in [1.29, 1.82) is 0 Å². The second-order valence-corrected chi connectivity index (χ2v) is 3.16. The highest BCUT2D eigenvalue weighted by Gasteiger charge is 2.18. The van der Waals surface area contributed by atoms with Crippen molar-refractivity contribution in [3.63, 3.8) is 0 Å². The molecule has 1 rings (SSSR count). The van der Waals surface area contributed by atoms with E-state index < -0.39 is 5.54 Å². The molecule has 2 nitrogen and oxygen atoms in total. The second kappa shape index (κ2) is 3.19. The summed E-state index contributed by atoms with van der Waals surface area (Å²) in [7, 11) is 0. The van der Waals surface area contributed by atoms with Gasteiger partial charge < -0.3 is 5.73 Å². The summed E-state index contributed by atoms with van der Waals surface area (Å²) in [6, 6.07) is 1.43. The minimum absolute atomic E-state index is 0.336. The third-order valence-corrected chi connectivity index (χ3v) is 2.10. The first-order chi connectivity index (χ1) is 5.56. The van der Waals surface area contributed by atoms with Gasteiger partial charge in [-0.15, -0.1) is 0 Å². The van der Waals surface area contributed by atoms with Gasteiger partial charge in [0.25, 0.3) is 0 Å². The Kier molecular flexibility index (Phi) is 2.43. The van der Waals surface area contributed by atoms with Crippen LogP contribution in [0.15, 0.2) is 18.5 Å². The minimum atomic E-state index is -0.477. The molecule has 0 bridgehead atoms. The van der Waals surface area contributed by atoms with E-state index in [1.165, 1.54) is 12.3 Å². The van der Waals surface area contributed by atoms with Gasteiger partial charge in [0, 0.05) is 11.7 Å². The van der Waals surface area contributed by atoms with E-state index in [4.69, 9.17) is 5.73 Å². The largest absolute Gasteiger partial charge is 0.322 e. The fraction of sp³-hybridized carbons (Fsp3) is 0.444. The zero-order chi connectivity index (χ0) is 9.19. The van der Waals surface area contributed by atoms with Crippen LogP contribution in [0.4, 0.5) is 4.39 Å². The van der Waals surface area contributed by atoms with Crippen molar-refractivity contribution in [1.82, 2.24) is 4.98 Å². The summed E-state index contributed by atoms with van der Waals surface area (Å²) in [5.41, 5.74) is 6.16. The van der Waals surface area contributed by atoms with Crippen LogP contribution in [-0.2, 0) is 5.54 Å². The van der Waals surface area contributed by atoms with Crippen LogP contribution in [0.1, 0.15) is 25.8 Å². The number of aromatic nitrogens is 1. The Bertz CT molecular complexity index is 271. The lowest BCUT2D eigenvalue weighted by atomic mass is 9.92. The molecule has 0 aromatic carbocycles. The fourth-order valence-corrected chi connectivity index (χ4v) is 0.928. The summed E-state index contributed by atoms with van der Waals surface area (Å²) in [4.78, 5) is 3.74. The van der Waals surface area contributed by atoms with Crippen LogP contribution in [0.5, 0.6) is 0 Å². The highest BCUT2D eigenvalue weighted by Crippen LogP contribution is 2.20. The van der Waals surface area contributed by atoms with Crippen molar-refractivity contribution in [2.75, 3.05) is 0 Å². The van der Waals surface area contributed by atoms with Crippen LogP contribution < -0.4 is 5.73 Å². The number of nitrogens with two attached hydrogens (primary N) is 1. The molecule has 0 radical (unpaired) electrons. The quantitative estimate of drug-likeness (QED) is 0.731. The van der Waals surface area contributed by atoms with Crippen LogP contribution in [0, 0.1) is 5.82 Å². The van der Waals surface area contributed by atoms with Gasteiger partial charge in [-0.1, -0.05) is 6.92 Å². The van der Waals surface area contributed by atoms with Crippen molar-refractivity contribution in [3.05, 3.63) is 29.8 Å². The average molecular weight is 168 g/mol. The molecule has 0 aliphatic carbocycles. The van der Waals surface area contributed by atoms with Gasteiger partial charge in [0.05, 0.1) is 6.20 Å². The summed E-state index contributed by atoms with van der Waals surface area (Å²) >= 11 is 0. The molecule has 0 amide bonds. The first-order valence-electron chi connectivity index (χ1n) is 3.96. The maximum atomic E-state index is 12.7. The summed E-state index contributed by atoms with van der Waals surface area (Å²) in [6.07, 6.45) is 3.54. The zero-order valence-corrected chi connectivity index (χ0v) is 7.34. The number of nitrogens with zero attached hydrogens (tertiary/aromatic N) is 1. The molecule has 0 spiro atoms. The standard InChI is InChI=1S/C9H13FN2/c1-3-9(2,11)7-4-8(10)6-12-5-7/h4-6H,3,11H2,1-2H3. The molecule has 12 heavy (non-hydrogen) atoms. The molecule has 0 aliphatic heterocycles. The van der Waals surface area contributed by atoms with Crippen molar-refractivity contribution in [2.45, 2.75) is 25.8 Å². The minimum Gasteiger partial charge on any atom is -0.322 e. The van der Waals surface area contributed by atoms with Crippen molar-refractivity contribution in [2.24, 2.45) is 5.73 Å². The molecule has 0 fully saturated rings. The van der Waals surface area contributed by atoms with E-state index in [1.807, 2.05) is 13.8 Å². The fourth-order valence-electron chi connectivity index (χ4n) is 0.928. The van der Waals surface area contributed by atoms with E-state index in [1.54, 1.807) is 6.20 Å². The molecule has 66 valence electrons. The molecule has 1 aromatic rings. The molecule has 0 saturated heterocycles. The highest BCUT2D eigenvalue weighted by molar-refractivity contribution is 5.19. The van der Waals surface area contributed by atoms with E-state index in [2.05, 4.69) is 4.98 Å². The smallest absolute Gasteiger partial charge is 0.141 e. The maximum absolute atomic E-state index is 12.7. The summed E-state index contributed by atoms with van der Waals surface area (Å²) < 4.78 is 12.7.